The van der Waals surface area contributed by atoms with Crippen LogP contribution in [0.1, 0.15) is 5.56 Å². The van der Waals surface area contributed by atoms with Crippen LogP contribution >= 0.6 is 28.3 Å². The molecule has 0 amide bonds. The van der Waals surface area contributed by atoms with E-state index in [4.69, 9.17) is 4.74 Å². The molecule has 1 N–H and O–H groups in total. The van der Waals surface area contributed by atoms with Gasteiger partial charge in [0.2, 0.25) is 0 Å². The van der Waals surface area contributed by atoms with E-state index < -0.39 is 0 Å². The third-order valence-electron chi connectivity index (χ3n) is 2.43. The molecule has 0 spiro atoms. The van der Waals surface area contributed by atoms with Gasteiger partial charge in [-0.05, 0) is 49.5 Å². The second-order valence-corrected chi connectivity index (χ2v) is 4.75. The minimum absolute atomic E-state index is 0. The number of ether oxygens (including phenoxy) is 1. The van der Waals surface area contributed by atoms with Gasteiger partial charge in [-0.2, -0.15) is 0 Å². The summed E-state index contributed by atoms with van der Waals surface area (Å²) < 4.78 is 19.9. The van der Waals surface area contributed by atoms with Gasteiger partial charge < -0.3 is 10.1 Å². The van der Waals surface area contributed by atoms with E-state index in [0.717, 1.165) is 15.8 Å². The molecule has 0 unspecified atom stereocenters. The van der Waals surface area contributed by atoms with Gasteiger partial charge in [0.25, 0.3) is 0 Å². The Morgan fingerprint density at radius 1 is 1.16 bits per heavy atom. The number of hydrogen-bond acceptors (Lipinski definition) is 2. The van der Waals surface area contributed by atoms with Gasteiger partial charge >= 0.3 is 0 Å². The van der Waals surface area contributed by atoms with Crippen LogP contribution in [0, 0.1) is 5.82 Å². The minimum atomic E-state index is -0.261. The van der Waals surface area contributed by atoms with E-state index in [2.05, 4.69) is 21.2 Å². The molecule has 2 rings (SSSR count). The molecule has 0 atom stereocenters. The number of rotatable bonds is 4. The van der Waals surface area contributed by atoms with Crippen molar-refractivity contribution in [3.8, 4) is 11.5 Å². The Hall–Kier alpha value is -1.10. The zero-order chi connectivity index (χ0) is 13.0. The number of nitrogens with one attached hydrogen (secondary N) is 1. The lowest BCUT2D eigenvalue weighted by Crippen LogP contribution is -2.06. The third-order valence-corrected chi connectivity index (χ3v) is 2.96. The van der Waals surface area contributed by atoms with Gasteiger partial charge in [-0.1, -0.05) is 15.9 Å². The van der Waals surface area contributed by atoms with Crippen molar-refractivity contribution in [1.29, 1.82) is 0 Å². The molecule has 0 aromatic heterocycles. The van der Waals surface area contributed by atoms with Crippen molar-refractivity contribution < 1.29 is 9.13 Å². The van der Waals surface area contributed by atoms with E-state index in [-0.39, 0.29) is 18.2 Å². The molecule has 0 aliphatic rings. The zero-order valence-corrected chi connectivity index (χ0v) is 12.7. The molecule has 5 heteroatoms. The molecule has 2 aromatic carbocycles. The van der Waals surface area contributed by atoms with Crippen molar-refractivity contribution in [1.82, 2.24) is 5.32 Å². The van der Waals surface area contributed by atoms with Crippen molar-refractivity contribution in [3.63, 3.8) is 0 Å². The van der Waals surface area contributed by atoms with Crippen molar-refractivity contribution >= 4 is 28.3 Å². The zero-order valence-electron chi connectivity index (χ0n) is 10.3. The standard InChI is InChI=1S/C14H13BrFNO.ClH/c1-17-9-10-8-12(16)4-7-14(10)18-13-5-2-11(15)3-6-13;/h2-8,17H,9H2,1H3;1H. The average molecular weight is 347 g/mol. The van der Waals surface area contributed by atoms with Crippen LogP contribution in [0.5, 0.6) is 11.5 Å². The van der Waals surface area contributed by atoms with E-state index in [1.54, 1.807) is 6.07 Å². The van der Waals surface area contributed by atoms with Crippen LogP contribution in [0.25, 0.3) is 0 Å². The Labute approximate surface area is 126 Å². The van der Waals surface area contributed by atoms with Gasteiger partial charge in [0.15, 0.2) is 0 Å². The van der Waals surface area contributed by atoms with Crippen LogP contribution in [0.3, 0.4) is 0 Å². The van der Waals surface area contributed by atoms with E-state index in [1.165, 1.54) is 12.1 Å². The van der Waals surface area contributed by atoms with E-state index in [0.29, 0.717) is 12.3 Å². The predicted octanol–water partition coefficient (Wildman–Crippen LogP) is 4.52. The highest BCUT2D eigenvalue weighted by Crippen LogP contribution is 2.27. The lowest BCUT2D eigenvalue weighted by Gasteiger charge is -2.11. The molecule has 2 aromatic rings. The summed E-state index contributed by atoms with van der Waals surface area (Å²) in [5.74, 6) is 1.12. The van der Waals surface area contributed by atoms with Crippen LogP contribution in [0.4, 0.5) is 4.39 Å². The fourth-order valence-corrected chi connectivity index (χ4v) is 1.87. The summed E-state index contributed by atoms with van der Waals surface area (Å²) in [4.78, 5) is 0. The van der Waals surface area contributed by atoms with Gasteiger partial charge in [-0.3, -0.25) is 0 Å². The van der Waals surface area contributed by atoms with Gasteiger partial charge in [0.05, 0.1) is 0 Å². The van der Waals surface area contributed by atoms with Gasteiger partial charge in [0.1, 0.15) is 17.3 Å². The third kappa shape index (κ3) is 4.49. The van der Waals surface area contributed by atoms with E-state index >= 15 is 0 Å². The van der Waals surface area contributed by atoms with Crippen molar-refractivity contribution in [3.05, 3.63) is 58.3 Å². The summed E-state index contributed by atoms with van der Waals surface area (Å²) in [6.45, 7) is 0.559. The lowest BCUT2D eigenvalue weighted by molar-refractivity contribution is 0.471. The first-order chi connectivity index (χ1) is 8.69. The molecule has 102 valence electrons. The summed E-state index contributed by atoms with van der Waals surface area (Å²) in [5.41, 5.74) is 0.792. The molecule has 0 fully saturated rings. The molecule has 0 heterocycles. The van der Waals surface area contributed by atoms with E-state index in [9.17, 15) is 4.39 Å². The molecule has 0 aliphatic carbocycles. The Kier molecular flexibility index (Phi) is 6.28. The van der Waals surface area contributed by atoms with Gasteiger partial charge in [-0.25, -0.2) is 4.39 Å². The predicted molar refractivity (Wildman–Crippen MR) is 80.6 cm³/mol. The fourth-order valence-electron chi connectivity index (χ4n) is 1.61. The summed E-state index contributed by atoms with van der Waals surface area (Å²) >= 11 is 3.36. The summed E-state index contributed by atoms with van der Waals surface area (Å²) in [6.07, 6.45) is 0. The van der Waals surface area contributed by atoms with Crippen LogP contribution < -0.4 is 10.1 Å². The average Bonchev–Trinajstić information content (AvgIpc) is 2.36. The molecule has 0 radical (unpaired) electrons. The first-order valence-electron chi connectivity index (χ1n) is 5.55. The summed E-state index contributed by atoms with van der Waals surface area (Å²) in [6, 6.07) is 12.0. The molecule has 0 bridgehead atoms. The quantitative estimate of drug-likeness (QED) is 0.879. The highest BCUT2D eigenvalue weighted by atomic mass is 79.9. The molecule has 19 heavy (non-hydrogen) atoms. The number of benzene rings is 2. The van der Waals surface area contributed by atoms with Crippen molar-refractivity contribution in [2.24, 2.45) is 0 Å². The van der Waals surface area contributed by atoms with Gasteiger partial charge in [-0.15, -0.1) is 12.4 Å². The van der Waals surface area contributed by atoms with E-state index in [1.807, 2.05) is 31.3 Å². The van der Waals surface area contributed by atoms with Crippen LogP contribution in [-0.2, 0) is 6.54 Å². The largest absolute Gasteiger partial charge is 0.457 e. The summed E-state index contributed by atoms with van der Waals surface area (Å²) in [7, 11) is 1.81. The molecule has 0 saturated heterocycles. The lowest BCUT2D eigenvalue weighted by atomic mass is 10.2. The first kappa shape index (κ1) is 16.0. The maximum absolute atomic E-state index is 13.2. The Balaban J connectivity index is 0.00000180. The highest BCUT2D eigenvalue weighted by molar-refractivity contribution is 9.10. The SMILES string of the molecule is CNCc1cc(F)ccc1Oc1ccc(Br)cc1.Cl. The van der Waals surface area contributed by atoms with Crippen LogP contribution in [-0.4, -0.2) is 7.05 Å². The normalized spacial score (nSPS) is 9.84. The second kappa shape index (κ2) is 7.48. The van der Waals surface area contributed by atoms with Crippen molar-refractivity contribution in [2.75, 3.05) is 7.05 Å². The maximum Gasteiger partial charge on any atom is 0.132 e. The Morgan fingerprint density at radius 3 is 2.47 bits per heavy atom. The Bertz CT molecular complexity index is 533. The second-order valence-electron chi connectivity index (χ2n) is 3.84. The number of halogens is 3. The minimum Gasteiger partial charge on any atom is -0.457 e. The van der Waals surface area contributed by atoms with Crippen molar-refractivity contribution in [2.45, 2.75) is 6.54 Å². The maximum atomic E-state index is 13.2. The molecule has 0 saturated carbocycles. The Morgan fingerprint density at radius 2 is 1.84 bits per heavy atom. The highest BCUT2D eigenvalue weighted by Gasteiger charge is 2.06. The van der Waals surface area contributed by atoms with Crippen LogP contribution in [0.2, 0.25) is 0 Å². The fraction of sp³-hybridized carbons (Fsp3) is 0.143. The monoisotopic (exact) mass is 345 g/mol. The topological polar surface area (TPSA) is 21.3 Å². The molecular formula is C14H14BrClFNO. The molecule has 2 nitrogen and oxygen atoms in total. The first-order valence-corrected chi connectivity index (χ1v) is 6.35. The number of hydrogen-bond donors (Lipinski definition) is 1. The molecular weight excluding hydrogens is 333 g/mol. The molecule has 0 aliphatic heterocycles. The van der Waals surface area contributed by atoms with Crippen LogP contribution in [0.15, 0.2) is 46.9 Å². The van der Waals surface area contributed by atoms with Gasteiger partial charge in [0, 0.05) is 16.6 Å². The summed E-state index contributed by atoms with van der Waals surface area (Å²) in [5, 5.41) is 2.99. The smallest absolute Gasteiger partial charge is 0.132 e.